The fourth-order valence-corrected chi connectivity index (χ4v) is 1.99. The third-order valence-corrected chi connectivity index (χ3v) is 3.18. The van der Waals surface area contributed by atoms with E-state index in [9.17, 15) is 9.59 Å². The third kappa shape index (κ3) is 2.64. The molecule has 0 spiro atoms. The Morgan fingerprint density at radius 1 is 1.40 bits per heavy atom. The summed E-state index contributed by atoms with van der Waals surface area (Å²) in [5.41, 5.74) is 5.72. The number of rotatable bonds is 4. The Balaban J connectivity index is 2.87. The maximum Gasteiger partial charge on any atom is 0.345 e. The Labute approximate surface area is 91.7 Å². The summed E-state index contributed by atoms with van der Waals surface area (Å²) in [7, 11) is 0. The molecule has 1 heterocycles. The number of hydrogen-bond donors (Lipinski definition) is 2. The molecular formula is C10H13NO3S. The van der Waals surface area contributed by atoms with Crippen molar-refractivity contribution in [2.24, 2.45) is 11.7 Å². The van der Waals surface area contributed by atoms with E-state index in [1.54, 1.807) is 19.9 Å². The van der Waals surface area contributed by atoms with Gasteiger partial charge < -0.3 is 10.8 Å². The van der Waals surface area contributed by atoms with Crippen LogP contribution in [-0.2, 0) is 4.79 Å². The van der Waals surface area contributed by atoms with Gasteiger partial charge in [-0.3, -0.25) is 4.79 Å². The van der Waals surface area contributed by atoms with Gasteiger partial charge in [-0.15, -0.1) is 11.3 Å². The first-order valence-corrected chi connectivity index (χ1v) is 5.37. The Hall–Kier alpha value is -1.20. The molecule has 0 radical (unpaired) electrons. The number of nitrogens with two attached hydrogens (primary N) is 1. The zero-order valence-corrected chi connectivity index (χ0v) is 9.38. The second-order valence-corrected chi connectivity index (χ2v) is 4.66. The van der Waals surface area contributed by atoms with Gasteiger partial charge in [0.05, 0.1) is 6.04 Å². The number of hydrogen-bond acceptors (Lipinski definition) is 4. The van der Waals surface area contributed by atoms with Crippen LogP contribution < -0.4 is 5.73 Å². The van der Waals surface area contributed by atoms with E-state index in [1.165, 1.54) is 6.07 Å². The molecule has 5 heteroatoms. The van der Waals surface area contributed by atoms with Crippen LogP contribution in [0.5, 0.6) is 0 Å². The summed E-state index contributed by atoms with van der Waals surface area (Å²) in [5, 5.41) is 8.71. The van der Waals surface area contributed by atoms with Crippen molar-refractivity contribution in [1.82, 2.24) is 0 Å². The van der Waals surface area contributed by atoms with Crippen molar-refractivity contribution in [3.05, 3.63) is 21.9 Å². The Kier molecular flexibility index (Phi) is 3.60. The SMILES string of the molecule is CC(C)C(=O)C(N)c1ccc(C(=O)O)s1. The van der Waals surface area contributed by atoms with E-state index in [4.69, 9.17) is 10.8 Å². The van der Waals surface area contributed by atoms with Gasteiger partial charge in [0.1, 0.15) is 4.88 Å². The number of carbonyl (C=O) groups excluding carboxylic acids is 1. The topological polar surface area (TPSA) is 80.4 Å². The molecule has 0 aromatic carbocycles. The number of ketones is 1. The summed E-state index contributed by atoms with van der Waals surface area (Å²) in [6.07, 6.45) is 0. The summed E-state index contributed by atoms with van der Waals surface area (Å²) in [5.74, 6) is -1.21. The van der Waals surface area contributed by atoms with E-state index in [2.05, 4.69) is 0 Å². The molecule has 0 bridgehead atoms. The van der Waals surface area contributed by atoms with Gasteiger partial charge in [-0.25, -0.2) is 4.79 Å². The zero-order valence-electron chi connectivity index (χ0n) is 8.56. The van der Waals surface area contributed by atoms with Crippen LogP contribution in [0.1, 0.15) is 34.4 Å². The molecule has 0 aliphatic rings. The monoisotopic (exact) mass is 227 g/mol. The highest BCUT2D eigenvalue weighted by molar-refractivity contribution is 7.14. The Morgan fingerprint density at radius 3 is 2.40 bits per heavy atom. The molecule has 82 valence electrons. The predicted molar refractivity (Wildman–Crippen MR) is 58.1 cm³/mol. The van der Waals surface area contributed by atoms with E-state index in [-0.39, 0.29) is 16.6 Å². The first kappa shape index (κ1) is 11.9. The van der Waals surface area contributed by atoms with Gasteiger partial charge in [-0.1, -0.05) is 13.8 Å². The highest BCUT2D eigenvalue weighted by Gasteiger charge is 2.21. The van der Waals surface area contributed by atoms with Crippen LogP contribution in [0.25, 0.3) is 0 Å². The quantitative estimate of drug-likeness (QED) is 0.819. The maximum atomic E-state index is 11.6. The lowest BCUT2D eigenvalue weighted by Crippen LogP contribution is -2.24. The van der Waals surface area contributed by atoms with Gasteiger partial charge in [-0.2, -0.15) is 0 Å². The molecule has 0 saturated carbocycles. The van der Waals surface area contributed by atoms with Gasteiger partial charge in [0.2, 0.25) is 0 Å². The van der Waals surface area contributed by atoms with E-state index >= 15 is 0 Å². The first-order chi connectivity index (χ1) is 6.93. The highest BCUT2D eigenvalue weighted by atomic mass is 32.1. The molecule has 0 amide bonds. The minimum absolute atomic E-state index is 0.0752. The second-order valence-electron chi connectivity index (χ2n) is 3.54. The van der Waals surface area contributed by atoms with E-state index in [0.717, 1.165) is 11.3 Å². The maximum absolute atomic E-state index is 11.6. The van der Waals surface area contributed by atoms with Crippen molar-refractivity contribution in [3.63, 3.8) is 0 Å². The first-order valence-electron chi connectivity index (χ1n) is 4.55. The van der Waals surface area contributed by atoms with Crippen molar-refractivity contribution in [2.45, 2.75) is 19.9 Å². The zero-order chi connectivity index (χ0) is 11.6. The standard InChI is InChI=1S/C10H13NO3S/c1-5(2)9(12)8(11)6-3-4-7(15-6)10(13)14/h3-5,8H,11H2,1-2H3,(H,13,14). The molecule has 0 aliphatic carbocycles. The van der Waals surface area contributed by atoms with Crippen molar-refractivity contribution < 1.29 is 14.7 Å². The Bertz CT molecular complexity index is 384. The molecule has 0 fully saturated rings. The summed E-state index contributed by atoms with van der Waals surface area (Å²) in [6.45, 7) is 3.54. The number of carbonyl (C=O) groups is 2. The number of aromatic carboxylic acids is 1. The van der Waals surface area contributed by atoms with E-state index < -0.39 is 12.0 Å². The minimum Gasteiger partial charge on any atom is -0.477 e. The van der Waals surface area contributed by atoms with Crippen LogP contribution in [0.4, 0.5) is 0 Å². The predicted octanol–water partition coefficient (Wildman–Crippen LogP) is 1.67. The number of carboxylic acid groups (broad SMARTS) is 1. The van der Waals surface area contributed by atoms with Crippen molar-refractivity contribution in [3.8, 4) is 0 Å². The summed E-state index contributed by atoms with van der Waals surface area (Å²) < 4.78 is 0. The van der Waals surface area contributed by atoms with Gasteiger partial charge in [0.25, 0.3) is 0 Å². The molecule has 1 atom stereocenters. The number of carboxylic acids is 1. The van der Waals surface area contributed by atoms with E-state index in [0.29, 0.717) is 4.88 Å². The van der Waals surface area contributed by atoms with Crippen LogP contribution in [0.15, 0.2) is 12.1 Å². The smallest absolute Gasteiger partial charge is 0.345 e. The van der Waals surface area contributed by atoms with Crippen LogP contribution >= 0.6 is 11.3 Å². The van der Waals surface area contributed by atoms with Crippen molar-refractivity contribution >= 4 is 23.1 Å². The second kappa shape index (κ2) is 4.55. The average Bonchev–Trinajstić information content (AvgIpc) is 2.64. The summed E-state index contributed by atoms with van der Waals surface area (Å²) in [6, 6.07) is 2.36. The molecule has 3 N–H and O–H groups in total. The molecular weight excluding hydrogens is 214 g/mol. The summed E-state index contributed by atoms with van der Waals surface area (Å²) in [4.78, 5) is 23.0. The molecule has 0 aliphatic heterocycles. The van der Waals surface area contributed by atoms with Crippen LogP contribution in [0.3, 0.4) is 0 Å². The third-order valence-electron chi connectivity index (χ3n) is 2.02. The highest BCUT2D eigenvalue weighted by Crippen LogP contribution is 2.24. The Morgan fingerprint density at radius 2 is 2.00 bits per heavy atom. The average molecular weight is 227 g/mol. The molecule has 1 rings (SSSR count). The lowest BCUT2D eigenvalue weighted by molar-refractivity contribution is -0.123. The molecule has 1 unspecified atom stereocenters. The lowest BCUT2D eigenvalue weighted by Gasteiger charge is -2.10. The number of Topliss-reactive ketones (excluding diaryl/α,β-unsaturated/α-hetero) is 1. The van der Waals surface area contributed by atoms with Crippen molar-refractivity contribution in [2.75, 3.05) is 0 Å². The summed E-state index contributed by atoms with van der Waals surface area (Å²) >= 11 is 1.05. The molecule has 1 aromatic heterocycles. The fraction of sp³-hybridized carbons (Fsp3) is 0.400. The van der Waals surface area contributed by atoms with Gasteiger partial charge in [0, 0.05) is 10.8 Å². The lowest BCUT2D eigenvalue weighted by atomic mass is 10.0. The largest absolute Gasteiger partial charge is 0.477 e. The number of thiophene rings is 1. The van der Waals surface area contributed by atoms with E-state index in [1.807, 2.05) is 0 Å². The normalized spacial score (nSPS) is 12.8. The van der Waals surface area contributed by atoms with Gasteiger partial charge in [-0.05, 0) is 12.1 Å². The minimum atomic E-state index is -0.990. The van der Waals surface area contributed by atoms with Gasteiger partial charge >= 0.3 is 5.97 Å². The van der Waals surface area contributed by atoms with Gasteiger partial charge in [0.15, 0.2) is 5.78 Å². The molecule has 0 saturated heterocycles. The van der Waals surface area contributed by atoms with Crippen LogP contribution in [-0.4, -0.2) is 16.9 Å². The van der Waals surface area contributed by atoms with Crippen molar-refractivity contribution in [1.29, 1.82) is 0 Å². The van der Waals surface area contributed by atoms with Crippen LogP contribution in [0, 0.1) is 5.92 Å². The fourth-order valence-electron chi connectivity index (χ4n) is 1.13. The molecule has 1 aromatic rings. The molecule has 4 nitrogen and oxygen atoms in total. The van der Waals surface area contributed by atoms with Crippen LogP contribution in [0.2, 0.25) is 0 Å². The molecule has 15 heavy (non-hydrogen) atoms.